The first kappa shape index (κ1) is 16.0. The average molecular weight is 302 g/mol. The van der Waals surface area contributed by atoms with E-state index in [4.69, 9.17) is 14.2 Å². The number of hydrogen-bond acceptors (Lipinski definition) is 4. The average Bonchev–Trinajstić information content (AvgIpc) is 2.52. The first-order valence-electron chi connectivity index (χ1n) is 7.08. The van der Waals surface area contributed by atoms with Crippen LogP contribution < -0.4 is 14.2 Å². The fraction of sp³-hybridized carbons (Fsp3) is 0.333. The van der Waals surface area contributed by atoms with Gasteiger partial charge in [0.05, 0.1) is 21.3 Å². The minimum Gasteiger partial charge on any atom is -0.507 e. The normalized spacial score (nSPS) is 10.4. The summed E-state index contributed by atoms with van der Waals surface area (Å²) in [7, 11) is 4.85. The molecule has 4 heteroatoms. The first-order chi connectivity index (χ1) is 10.5. The van der Waals surface area contributed by atoms with E-state index < -0.39 is 0 Å². The summed E-state index contributed by atoms with van der Waals surface area (Å²) in [5, 5.41) is 9.89. The molecule has 0 radical (unpaired) electrons. The predicted octanol–water partition coefficient (Wildman–Crippen LogP) is 3.63. The maximum Gasteiger partial charge on any atom is 0.164 e. The van der Waals surface area contributed by atoms with Crippen LogP contribution in [-0.4, -0.2) is 26.4 Å². The largest absolute Gasteiger partial charge is 0.507 e. The number of hydrogen-bond donors (Lipinski definition) is 1. The van der Waals surface area contributed by atoms with Crippen LogP contribution in [0.25, 0.3) is 0 Å². The summed E-state index contributed by atoms with van der Waals surface area (Å²) < 4.78 is 16.1. The van der Waals surface area contributed by atoms with Gasteiger partial charge in [-0.1, -0.05) is 12.1 Å². The number of rotatable bonds is 5. The Labute approximate surface area is 131 Å². The van der Waals surface area contributed by atoms with Crippen molar-refractivity contribution in [3.63, 3.8) is 0 Å². The van der Waals surface area contributed by atoms with E-state index >= 15 is 0 Å². The maximum absolute atomic E-state index is 9.89. The number of aryl methyl sites for hydroxylation is 2. The zero-order valence-corrected chi connectivity index (χ0v) is 13.7. The molecule has 2 aromatic rings. The van der Waals surface area contributed by atoms with Crippen molar-refractivity contribution in [2.75, 3.05) is 21.3 Å². The van der Waals surface area contributed by atoms with Crippen molar-refractivity contribution in [3.05, 3.63) is 46.5 Å². The monoisotopic (exact) mass is 302 g/mol. The zero-order chi connectivity index (χ0) is 16.3. The summed E-state index contributed by atoms with van der Waals surface area (Å²) in [6.45, 7) is 3.80. The third kappa shape index (κ3) is 3.11. The summed E-state index contributed by atoms with van der Waals surface area (Å²) in [6.07, 6.45) is 0.686. The molecule has 0 unspecified atom stereocenters. The highest BCUT2D eigenvalue weighted by atomic mass is 16.5. The SMILES string of the molecule is COc1cc(OC)c(OC)cc1Cc1cc(C)c(O)c(C)c1. The highest BCUT2D eigenvalue weighted by Gasteiger charge is 2.13. The Bertz CT molecular complexity index is 654. The van der Waals surface area contributed by atoms with Crippen molar-refractivity contribution in [2.45, 2.75) is 20.3 Å². The molecule has 0 bridgehead atoms. The summed E-state index contributed by atoms with van der Waals surface area (Å²) >= 11 is 0. The number of ether oxygens (including phenoxy) is 3. The summed E-state index contributed by atoms with van der Waals surface area (Å²) in [5.41, 5.74) is 3.85. The molecular formula is C18H22O4. The van der Waals surface area contributed by atoms with Gasteiger partial charge in [0.25, 0.3) is 0 Å². The van der Waals surface area contributed by atoms with Gasteiger partial charge in [0.2, 0.25) is 0 Å². The molecule has 118 valence electrons. The number of benzene rings is 2. The van der Waals surface area contributed by atoms with Crippen molar-refractivity contribution in [1.29, 1.82) is 0 Å². The van der Waals surface area contributed by atoms with Crippen LogP contribution in [0.2, 0.25) is 0 Å². The van der Waals surface area contributed by atoms with E-state index in [9.17, 15) is 5.11 Å². The highest BCUT2D eigenvalue weighted by Crippen LogP contribution is 2.36. The van der Waals surface area contributed by atoms with Crippen LogP contribution in [0.1, 0.15) is 22.3 Å². The molecule has 22 heavy (non-hydrogen) atoms. The standard InChI is InChI=1S/C18H22O4/c1-11-6-13(7-12(2)18(11)19)8-14-9-16(21-4)17(22-5)10-15(14)20-3/h6-7,9-10,19H,8H2,1-5H3. The number of methoxy groups -OCH3 is 3. The number of phenolic OH excluding ortho intramolecular Hbond substituents is 1. The molecule has 2 rings (SSSR count). The van der Waals surface area contributed by atoms with Crippen molar-refractivity contribution in [1.82, 2.24) is 0 Å². The fourth-order valence-corrected chi connectivity index (χ4v) is 2.60. The second kappa shape index (κ2) is 6.60. The smallest absolute Gasteiger partial charge is 0.164 e. The Balaban J connectivity index is 2.44. The molecule has 0 fully saturated rings. The molecule has 4 nitrogen and oxygen atoms in total. The Morgan fingerprint density at radius 3 is 1.77 bits per heavy atom. The van der Waals surface area contributed by atoms with Gasteiger partial charge in [0, 0.05) is 18.1 Å². The maximum atomic E-state index is 9.89. The predicted molar refractivity (Wildman–Crippen MR) is 86.5 cm³/mol. The van der Waals surface area contributed by atoms with Gasteiger partial charge < -0.3 is 19.3 Å². The molecule has 0 spiro atoms. The molecule has 0 aliphatic heterocycles. The minimum atomic E-state index is 0.350. The van der Waals surface area contributed by atoms with E-state index in [0.29, 0.717) is 23.7 Å². The van der Waals surface area contributed by atoms with E-state index in [-0.39, 0.29) is 0 Å². The van der Waals surface area contributed by atoms with Crippen molar-refractivity contribution >= 4 is 0 Å². The van der Waals surface area contributed by atoms with Crippen LogP contribution in [0.5, 0.6) is 23.0 Å². The summed E-state index contributed by atoms with van der Waals surface area (Å²) in [4.78, 5) is 0. The van der Waals surface area contributed by atoms with Crippen LogP contribution in [0.15, 0.2) is 24.3 Å². The minimum absolute atomic E-state index is 0.350. The first-order valence-corrected chi connectivity index (χ1v) is 7.08. The molecule has 0 saturated heterocycles. The van der Waals surface area contributed by atoms with E-state index in [0.717, 1.165) is 28.0 Å². The third-order valence-corrected chi connectivity index (χ3v) is 3.73. The molecule has 0 saturated carbocycles. The Hall–Kier alpha value is -2.36. The second-order valence-corrected chi connectivity index (χ2v) is 5.27. The molecule has 0 aliphatic carbocycles. The van der Waals surface area contributed by atoms with Crippen LogP contribution in [0.3, 0.4) is 0 Å². The lowest BCUT2D eigenvalue weighted by Gasteiger charge is -2.15. The molecule has 1 N–H and O–H groups in total. The van der Waals surface area contributed by atoms with Gasteiger partial charge in [-0.25, -0.2) is 0 Å². The zero-order valence-electron chi connectivity index (χ0n) is 13.7. The Kier molecular flexibility index (Phi) is 4.81. The van der Waals surface area contributed by atoms with Crippen molar-refractivity contribution < 1.29 is 19.3 Å². The van der Waals surface area contributed by atoms with Crippen LogP contribution in [0, 0.1) is 13.8 Å². The quantitative estimate of drug-likeness (QED) is 0.916. The number of aromatic hydroxyl groups is 1. The van der Waals surface area contributed by atoms with Gasteiger partial charge in [-0.3, -0.25) is 0 Å². The van der Waals surface area contributed by atoms with Crippen LogP contribution in [-0.2, 0) is 6.42 Å². The van der Waals surface area contributed by atoms with Crippen molar-refractivity contribution in [3.8, 4) is 23.0 Å². The van der Waals surface area contributed by atoms with E-state index in [1.54, 1.807) is 21.3 Å². The molecule has 0 amide bonds. The summed E-state index contributed by atoms with van der Waals surface area (Å²) in [6, 6.07) is 7.72. The van der Waals surface area contributed by atoms with E-state index in [2.05, 4.69) is 0 Å². The molecular weight excluding hydrogens is 280 g/mol. The number of phenols is 1. The molecule has 0 aromatic heterocycles. The highest BCUT2D eigenvalue weighted by molar-refractivity contribution is 5.53. The lowest BCUT2D eigenvalue weighted by atomic mass is 9.99. The molecule has 0 atom stereocenters. The van der Waals surface area contributed by atoms with Crippen LogP contribution in [0.4, 0.5) is 0 Å². The lowest BCUT2D eigenvalue weighted by molar-refractivity contribution is 0.348. The van der Waals surface area contributed by atoms with Crippen molar-refractivity contribution in [2.24, 2.45) is 0 Å². The second-order valence-electron chi connectivity index (χ2n) is 5.27. The van der Waals surface area contributed by atoms with Gasteiger partial charge in [0.1, 0.15) is 11.5 Å². The van der Waals surface area contributed by atoms with Gasteiger partial charge in [-0.2, -0.15) is 0 Å². The van der Waals surface area contributed by atoms with E-state index in [1.165, 1.54) is 0 Å². The molecule has 0 heterocycles. The topological polar surface area (TPSA) is 47.9 Å². The van der Waals surface area contributed by atoms with Gasteiger partial charge in [-0.05, 0) is 36.6 Å². The molecule has 0 aliphatic rings. The third-order valence-electron chi connectivity index (χ3n) is 3.73. The summed E-state index contributed by atoms with van der Waals surface area (Å²) in [5.74, 6) is 2.41. The van der Waals surface area contributed by atoms with Gasteiger partial charge >= 0.3 is 0 Å². The Morgan fingerprint density at radius 1 is 0.773 bits per heavy atom. The Morgan fingerprint density at radius 2 is 1.27 bits per heavy atom. The van der Waals surface area contributed by atoms with Gasteiger partial charge in [0.15, 0.2) is 11.5 Å². The van der Waals surface area contributed by atoms with E-state index in [1.807, 2.05) is 38.1 Å². The van der Waals surface area contributed by atoms with Gasteiger partial charge in [-0.15, -0.1) is 0 Å². The molecule has 2 aromatic carbocycles. The fourth-order valence-electron chi connectivity index (χ4n) is 2.60. The van der Waals surface area contributed by atoms with Crippen LogP contribution >= 0.6 is 0 Å². The lowest BCUT2D eigenvalue weighted by Crippen LogP contribution is -1.99.